The molecule has 5 nitrogen and oxygen atoms in total. The van der Waals surface area contributed by atoms with Crippen molar-refractivity contribution in [1.82, 2.24) is 15.0 Å². The second-order valence-corrected chi connectivity index (χ2v) is 6.73. The third-order valence-electron chi connectivity index (χ3n) is 4.87. The molecule has 0 aliphatic heterocycles. The number of benzene rings is 3. The lowest BCUT2D eigenvalue weighted by atomic mass is 10.1. The molecule has 0 unspecified atom stereocenters. The lowest BCUT2D eigenvalue weighted by Crippen LogP contribution is -2.15. The van der Waals surface area contributed by atoms with Gasteiger partial charge < -0.3 is 15.3 Å². The number of nitrogens with one attached hydrogen (secondary N) is 3. The number of fused-ring (bicyclic) bond motifs is 2. The number of nitrogens with zero attached hydrogens (tertiary/aromatic N) is 1. The van der Waals surface area contributed by atoms with Crippen LogP contribution in [0.1, 0.15) is 5.56 Å². The maximum absolute atomic E-state index is 12.7. The van der Waals surface area contributed by atoms with Gasteiger partial charge in [0.2, 0.25) is 5.91 Å². The summed E-state index contributed by atoms with van der Waals surface area (Å²) < 4.78 is 0. The van der Waals surface area contributed by atoms with Crippen molar-refractivity contribution in [3.63, 3.8) is 0 Å². The summed E-state index contributed by atoms with van der Waals surface area (Å²) in [6.07, 6.45) is 2.20. The predicted molar refractivity (Wildman–Crippen MR) is 112 cm³/mol. The Hall–Kier alpha value is -3.86. The van der Waals surface area contributed by atoms with Crippen molar-refractivity contribution in [3.05, 3.63) is 84.6 Å². The van der Waals surface area contributed by atoms with Gasteiger partial charge >= 0.3 is 0 Å². The number of aromatic nitrogens is 3. The Morgan fingerprint density at radius 3 is 2.54 bits per heavy atom. The molecule has 1 amide bonds. The van der Waals surface area contributed by atoms with Crippen LogP contribution in [0.4, 0.5) is 5.69 Å². The van der Waals surface area contributed by atoms with Crippen molar-refractivity contribution in [1.29, 1.82) is 0 Å². The van der Waals surface area contributed by atoms with Crippen LogP contribution in [0.5, 0.6) is 0 Å². The van der Waals surface area contributed by atoms with Gasteiger partial charge in [0.15, 0.2) is 0 Å². The number of carbonyl (C=O) groups excluding carboxylic acids is 1. The molecule has 28 heavy (non-hydrogen) atoms. The zero-order valence-electron chi connectivity index (χ0n) is 15.1. The fourth-order valence-corrected chi connectivity index (χ4v) is 3.52. The van der Waals surface area contributed by atoms with Crippen LogP contribution in [0.2, 0.25) is 0 Å². The first-order chi connectivity index (χ1) is 13.8. The lowest BCUT2D eigenvalue weighted by Gasteiger charge is -2.09. The molecule has 0 aliphatic rings. The summed E-state index contributed by atoms with van der Waals surface area (Å²) in [4.78, 5) is 23.9. The van der Waals surface area contributed by atoms with E-state index in [1.165, 1.54) is 0 Å². The third-order valence-corrected chi connectivity index (χ3v) is 4.87. The van der Waals surface area contributed by atoms with E-state index < -0.39 is 0 Å². The second kappa shape index (κ2) is 6.70. The van der Waals surface area contributed by atoms with Crippen LogP contribution in [-0.4, -0.2) is 20.9 Å². The molecule has 0 spiro atoms. The fourth-order valence-electron chi connectivity index (χ4n) is 3.52. The van der Waals surface area contributed by atoms with E-state index in [0.29, 0.717) is 6.42 Å². The molecular weight excluding hydrogens is 348 g/mol. The van der Waals surface area contributed by atoms with Crippen LogP contribution in [0, 0.1) is 0 Å². The number of hydrogen-bond acceptors (Lipinski definition) is 2. The van der Waals surface area contributed by atoms with E-state index in [-0.39, 0.29) is 5.91 Å². The van der Waals surface area contributed by atoms with E-state index >= 15 is 0 Å². The van der Waals surface area contributed by atoms with Crippen LogP contribution >= 0.6 is 0 Å². The van der Waals surface area contributed by atoms with Gasteiger partial charge in [0.1, 0.15) is 5.82 Å². The first kappa shape index (κ1) is 16.3. The number of aromatic amines is 2. The van der Waals surface area contributed by atoms with Crippen molar-refractivity contribution >= 4 is 33.5 Å². The van der Waals surface area contributed by atoms with Gasteiger partial charge in [-0.15, -0.1) is 0 Å². The Labute approximate surface area is 161 Å². The van der Waals surface area contributed by atoms with Crippen LogP contribution in [0.25, 0.3) is 33.3 Å². The predicted octanol–water partition coefficient (Wildman–Crippen LogP) is 4.89. The monoisotopic (exact) mass is 366 g/mol. The molecule has 0 saturated heterocycles. The number of rotatable bonds is 4. The standard InChI is InChI=1S/C23H18N4O/c28-22(13-15-14-24-18-9-3-1-7-16(15)18)25-19-10-4-2-8-17(19)23-26-20-11-5-6-12-21(20)27-23/h1-12,14,24H,13H2,(H,25,28)(H,26,27). The number of amides is 1. The average Bonchev–Trinajstić information content (AvgIpc) is 3.33. The maximum Gasteiger partial charge on any atom is 0.228 e. The molecule has 136 valence electrons. The highest BCUT2D eigenvalue weighted by Gasteiger charge is 2.13. The number of H-pyrrole nitrogens is 2. The second-order valence-electron chi connectivity index (χ2n) is 6.73. The van der Waals surface area contributed by atoms with Gasteiger partial charge in [-0.3, -0.25) is 4.79 Å². The molecule has 2 heterocycles. The Morgan fingerprint density at radius 1 is 0.893 bits per heavy atom. The van der Waals surface area contributed by atoms with Gasteiger partial charge in [-0.05, 0) is 35.9 Å². The maximum atomic E-state index is 12.7. The van der Waals surface area contributed by atoms with Crippen LogP contribution in [-0.2, 0) is 11.2 Å². The minimum absolute atomic E-state index is 0.0617. The Kier molecular flexibility index (Phi) is 3.91. The highest BCUT2D eigenvalue weighted by molar-refractivity contribution is 5.98. The first-order valence-corrected chi connectivity index (χ1v) is 9.17. The van der Waals surface area contributed by atoms with E-state index in [9.17, 15) is 4.79 Å². The molecule has 0 aliphatic carbocycles. The summed E-state index contributed by atoms with van der Waals surface area (Å²) in [5.74, 6) is 0.678. The number of carbonyl (C=O) groups is 1. The van der Waals surface area contributed by atoms with Gasteiger partial charge in [-0.25, -0.2) is 4.98 Å². The smallest absolute Gasteiger partial charge is 0.228 e. The van der Waals surface area contributed by atoms with Crippen molar-refractivity contribution in [2.45, 2.75) is 6.42 Å². The van der Waals surface area contributed by atoms with Gasteiger partial charge in [-0.1, -0.05) is 42.5 Å². The summed E-state index contributed by atoms with van der Waals surface area (Å²) in [6, 6.07) is 23.6. The number of para-hydroxylation sites is 4. The zero-order chi connectivity index (χ0) is 18.9. The molecule has 5 aromatic rings. The van der Waals surface area contributed by atoms with E-state index in [0.717, 1.165) is 44.6 Å². The largest absolute Gasteiger partial charge is 0.361 e. The minimum atomic E-state index is -0.0617. The van der Waals surface area contributed by atoms with Crippen LogP contribution in [0.3, 0.4) is 0 Å². The summed E-state index contributed by atoms with van der Waals surface area (Å²) in [6.45, 7) is 0. The molecule has 0 bridgehead atoms. The molecule has 2 aromatic heterocycles. The van der Waals surface area contributed by atoms with Gasteiger partial charge in [-0.2, -0.15) is 0 Å². The fraction of sp³-hybridized carbons (Fsp3) is 0.0435. The molecule has 0 fully saturated rings. The van der Waals surface area contributed by atoms with Gasteiger partial charge in [0.25, 0.3) is 0 Å². The Balaban J connectivity index is 1.43. The van der Waals surface area contributed by atoms with E-state index in [4.69, 9.17) is 0 Å². The molecule has 5 heteroatoms. The zero-order valence-corrected chi connectivity index (χ0v) is 15.1. The topological polar surface area (TPSA) is 73.6 Å². The van der Waals surface area contributed by atoms with Crippen LogP contribution in [0.15, 0.2) is 79.0 Å². The van der Waals surface area contributed by atoms with E-state index in [1.54, 1.807) is 0 Å². The van der Waals surface area contributed by atoms with Gasteiger partial charge in [0, 0.05) is 22.7 Å². The highest BCUT2D eigenvalue weighted by Crippen LogP contribution is 2.28. The molecular formula is C23H18N4O. The average molecular weight is 366 g/mol. The van der Waals surface area contributed by atoms with Crippen molar-refractivity contribution in [3.8, 4) is 11.4 Å². The quantitative estimate of drug-likeness (QED) is 0.423. The van der Waals surface area contributed by atoms with Crippen molar-refractivity contribution in [2.75, 3.05) is 5.32 Å². The Morgan fingerprint density at radius 2 is 1.64 bits per heavy atom. The third kappa shape index (κ3) is 2.93. The molecule has 3 aromatic carbocycles. The number of hydrogen-bond donors (Lipinski definition) is 3. The van der Waals surface area contributed by atoms with Crippen molar-refractivity contribution in [2.24, 2.45) is 0 Å². The SMILES string of the molecule is O=C(Cc1c[nH]c2ccccc12)Nc1ccccc1-c1nc2ccccc2[nH]1. The number of imidazole rings is 1. The number of anilines is 1. The summed E-state index contributed by atoms with van der Waals surface area (Å²) in [5, 5.41) is 4.12. The summed E-state index contributed by atoms with van der Waals surface area (Å²) >= 11 is 0. The molecule has 0 atom stereocenters. The Bertz CT molecular complexity index is 1270. The van der Waals surface area contributed by atoms with Crippen LogP contribution < -0.4 is 5.32 Å². The normalized spacial score (nSPS) is 11.1. The minimum Gasteiger partial charge on any atom is -0.361 e. The lowest BCUT2D eigenvalue weighted by molar-refractivity contribution is -0.115. The highest BCUT2D eigenvalue weighted by atomic mass is 16.1. The van der Waals surface area contributed by atoms with Crippen molar-refractivity contribution < 1.29 is 4.79 Å². The molecule has 0 saturated carbocycles. The van der Waals surface area contributed by atoms with E-state index in [2.05, 4.69) is 20.3 Å². The summed E-state index contributed by atoms with van der Waals surface area (Å²) in [7, 11) is 0. The van der Waals surface area contributed by atoms with Gasteiger partial charge in [0.05, 0.1) is 23.1 Å². The summed E-state index contributed by atoms with van der Waals surface area (Å²) in [5.41, 5.74) is 5.49. The first-order valence-electron chi connectivity index (χ1n) is 9.17. The molecule has 3 N–H and O–H groups in total. The van der Waals surface area contributed by atoms with E-state index in [1.807, 2.05) is 79.0 Å². The molecule has 5 rings (SSSR count). The molecule has 0 radical (unpaired) electrons.